The number of benzene rings is 1. The van der Waals surface area contributed by atoms with Crippen molar-refractivity contribution in [1.82, 2.24) is 10.6 Å². The quantitative estimate of drug-likeness (QED) is 0.475. The van der Waals surface area contributed by atoms with E-state index in [-0.39, 0.29) is 10.6 Å². The molecule has 2 heterocycles. The van der Waals surface area contributed by atoms with Gasteiger partial charge < -0.3 is 10.6 Å². The molecule has 2 fully saturated rings. The molecule has 4 unspecified atom stereocenters. The zero-order valence-corrected chi connectivity index (χ0v) is 23.6. The molecule has 170 valence electrons. The highest BCUT2D eigenvalue weighted by atomic mass is 31.0. The van der Waals surface area contributed by atoms with Crippen molar-refractivity contribution in [3.8, 4) is 0 Å². The molecule has 30 heavy (non-hydrogen) atoms. The normalized spacial score (nSPS) is 25.7. The molecule has 3 rings (SSSR count). The number of hydrogen-bond acceptors (Lipinski definition) is 2. The van der Waals surface area contributed by atoms with Crippen LogP contribution in [0.15, 0.2) is 12.1 Å². The summed E-state index contributed by atoms with van der Waals surface area (Å²) in [4.78, 5) is 0. The van der Waals surface area contributed by atoms with Crippen LogP contribution in [-0.2, 0) is 16.7 Å². The fraction of sp³-hybridized carbons (Fsp3) is 0.760. The SMILES string of the molecule is CC(C)(C)c1c([Si](C)(C)C)ccc(CP)c1C(P)(C1CCCNC1)C1CCCNC1. The van der Waals surface area contributed by atoms with E-state index in [1.54, 1.807) is 21.9 Å². The highest BCUT2D eigenvalue weighted by Gasteiger charge is 2.47. The molecule has 2 aliphatic heterocycles. The van der Waals surface area contributed by atoms with Crippen molar-refractivity contribution < 1.29 is 0 Å². The standard InChI is InChI=1S/C25H46N2P2Si/c1-24(2,3)23-21(30(4,5)6)12-11-18(17-28)22(23)25(29,19-9-7-13-26-15-19)20-10-8-14-27-16-20/h11-12,19-20,26-27H,7-10,13-17,28-29H2,1-6H3. The van der Waals surface area contributed by atoms with Gasteiger partial charge in [0.2, 0.25) is 0 Å². The van der Waals surface area contributed by atoms with Crippen LogP contribution in [0.25, 0.3) is 0 Å². The summed E-state index contributed by atoms with van der Waals surface area (Å²) in [5.74, 6) is 1.35. The number of rotatable bonds is 5. The summed E-state index contributed by atoms with van der Waals surface area (Å²) in [6.07, 6.45) is 6.32. The molecule has 0 saturated carbocycles. The Hall–Kier alpha value is 0.217. The van der Waals surface area contributed by atoms with Crippen molar-refractivity contribution in [2.45, 2.75) is 82.8 Å². The molecule has 2 nitrogen and oxygen atoms in total. The van der Waals surface area contributed by atoms with Crippen LogP contribution in [0.5, 0.6) is 0 Å². The van der Waals surface area contributed by atoms with Crippen molar-refractivity contribution in [3.05, 3.63) is 28.8 Å². The van der Waals surface area contributed by atoms with E-state index in [1.165, 1.54) is 38.8 Å². The molecule has 0 spiro atoms. The lowest BCUT2D eigenvalue weighted by Gasteiger charge is -2.51. The van der Waals surface area contributed by atoms with E-state index >= 15 is 0 Å². The molecule has 0 aliphatic carbocycles. The maximum atomic E-state index is 3.76. The minimum Gasteiger partial charge on any atom is -0.316 e. The van der Waals surface area contributed by atoms with E-state index in [0.29, 0.717) is 11.8 Å². The third-order valence-corrected chi connectivity index (χ3v) is 11.2. The maximum Gasteiger partial charge on any atom is 0.0779 e. The van der Waals surface area contributed by atoms with E-state index in [2.05, 4.69) is 81.7 Å². The van der Waals surface area contributed by atoms with Crippen LogP contribution in [0.1, 0.15) is 63.1 Å². The van der Waals surface area contributed by atoms with Gasteiger partial charge in [0.1, 0.15) is 0 Å². The van der Waals surface area contributed by atoms with Crippen LogP contribution in [0.4, 0.5) is 0 Å². The van der Waals surface area contributed by atoms with Crippen molar-refractivity contribution in [1.29, 1.82) is 0 Å². The first-order chi connectivity index (χ1) is 14.0. The van der Waals surface area contributed by atoms with Gasteiger partial charge in [-0.3, -0.25) is 0 Å². The molecule has 0 bridgehead atoms. The van der Waals surface area contributed by atoms with Crippen LogP contribution < -0.4 is 15.8 Å². The summed E-state index contributed by atoms with van der Waals surface area (Å²) < 4.78 is 0. The van der Waals surface area contributed by atoms with E-state index in [1.807, 2.05) is 0 Å². The molecule has 0 radical (unpaired) electrons. The number of piperidine rings is 2. The Labute approximate surface area is 191 Å². The Morgan fingerprint density at radius 3 is 1.83 bits per heavy atom. The van der Waals surface area contributed by atoms with Crippen molar-refractivity contribution >= 4 is 31.7 Å². The van der Waals surface area contributed by atoms with Gasteiger partial charge in [0.25, 0.3) is 0 Å². The van der Waals surface area contributed by atoms with Crippen molar-refractivity contribution in [2.24, 2.45) is 11.8 Å². The summed E-state index contributed by atoms with van der Waals surface area (Å²) >= 11 is 0. The molecule has 0 amide bonds. The van der Waals surface area contributed by atoms with Gasteiger partial charge in [0.15, 0.2) is 0 Å². The molecule has 2 aliphatic rings. The van der Waals surface area contributed by atoms with Crippen LogP contribution in [-0.4, -0.2) is 34.3 Å². The predicted molar refractivity (Wildman–Crippen MR) is 144 cm³/mol. The Kier molecular flexibility index (Phi) is 7.96. The lowest BCUT2D eigenvalue weighted by atomic mass is 9.66. The summed E-state index contributed by atoms with van der Waals surface area (Å²) in [5.41, 5.74) is 5.07. The van der Waals surface area contributed by atoms with Gasteiger partial charge in [-0.1, -0.05) is 57.7 Å². The predicted octanol–water partition coefficient (Wildman–Crippen LogP) is 4.97. The third-order valence-electron chi connectivity index (χ3n) is 7.45. The molecule has 1 aromatic rings. The fourth-order valence-corrected chi connectivity index (χ4v) is 9.05. The fourth-order valence-electron chi connectivity index (χ4n) is 5.98. The number of nitrogens with one attached hydrogen (secondary N) is 2. The smallest absolute Gasteiger partial charge is 0.0779 e. The van der Waals surface area contributed by atoms with E-state index < -0.39 is 8.07 Å². The van der Waals surface area contributed by atoms with Gasteiger partial charge in [0, 0.05) is 5.16 Å². The van der Waals surface area contributed by atoms with Gasteiger partial charge in [-0.05, 0) is 92.0 Å². The zero-order chi connectivity index (χ0) is 22.2. The summed E-state index contributed by atoms with van der Waals surface area (Å²) in [6, 6.07) is 4.98. The maximum absolute atomic E-state index is 3.76. The first-order valence-electron chi connectivity index (χ1n) is 12.1. The van der Waals surface area contributed by atoms with E-state index in [4.69, 9.17) is 0 Å². The second-order valence-corrected chi connectivity index (χ2v) is 18.1. The van der Waals surface area contributed by atoms with Gasteiger partial charge in [-0.15, -0.1) is 18.5 Å². The van der Waals surface area contributed by atoms with Gasteiger partial charge in [-0.2, -0.15) is 0 Å². The second-order valence-electron chi connectivity index (χ2n) is 11.7. The van der Waals surface area contributed by atoms with Gasteiger partial charge >= 0.3 is 0 Å². The Balaban J connectivity index is 2.33. The van der Waals surface area contributed by atoms with E-state index in [0.717, 1.165) is 19.3 Å². The average Bonchev–Trinajstić information content (AvgIpc) is 2.72. The Morgan fingerprint density at radius 1 is 0.933 bits per heavy atom. The highest BCUT2D eigenvalue weighted by molar-refractivity contribution is 7.18. The average molecular weight is 465 g/mol. The molecular formula is C25H46N2P2Si. The topological polar surface area (TPSA) is 24.1 Å². The molecule has 1 aromatic carbocycles. The molecule has 2 saturated heterocycles. The summed E-state index contributed by atoms with van der Waals surface area (Å²) in [7, 11) is 5.08. The van der Waals surface area contributed by atoms with Crippen LogP contribution in [0.3, 0.4) is 0 Å². The largest absolute Gasteiger partial charge is 0.316 e. The third kappa shape index (κ3) is 4.91. The molecule has 5 heteroatoms. The molecule has 2 N–H and O–H groups in total. The Bertz CT molecular complexity index is 706. The monoisotopic (exact) mass is 464 g/mol. The zero-order valence-electron chi connectivity index (χ0n) is 20.3. The molecular weight excluding hydrogens is 418 g/mol. The van der Waals surface area contributed by atoms with E-state index in [9.17, 15) is 0 Å². The summed E-state index contributed by atoms with van der Waals surface area (Å²) in [6.45, 7) is 19.6. The van der Waals surface area contributed by atoms with Crippen molar-refractivity contribution in [3.63, 3.8) is 0 Å². The summed E-state index contributed by atoms with van der Waals surface area (Å²) in [5, 5.41) is 9.32. The van der Waals surface area contributed by atoms with Crippen LogP contribution in [0.2, 0.25) is 19.6 Å². The lowest BCUT2D eigenvalue weighted by Crippen LogP contribution is -2.52. The van der Waals surface area contributed by atoms with Crippen molar-refractivity contribution in [2.75, 3.05) is 26.2 Å². The minimum atomic E-state index is -1.48. The van der Waals surface area contributed by atoms with Crippen LogP contribution >= 0.6 is 18.5 Å². The first kappa shape index (κ1) is 24.9. The Morgan fingerprint density at radius 2 is 1.47 bits per heavy atom. The molecule has 4 atom stereocenters. The highest BCUT2D eigenvalue weighted by Crippen LogP contribution is 2.53. The van der Waals surface area contributed by atoms with Gasteiger partial charge in [0.05, 0.1) is 8.07 Å². The molecule has 0 aromatic heterocycles. The van der Waals surface area contributed by atoms with Gasteiger partial charge in [-0.25, -0.2) is 0 Å². The van der Waals surface area contributed by atoms with Crippen LogP contribution in [0, 0.1) is 11.8 Å². The first-order valence-corrected chi connectivity index (χ1v) is 17.0. The minimum absolute atomic E-state index is 0.130. The number of hydrogen-bond donors (Lipinski definition) is 2. The second kappa shape index (κ2) is 9.60. The lowest BCUT2D eigenvalue weighted by molar-refractivity contribution is 0.191.